The molecule has 8 heteroatoms. The van der Waals surface area contributed by atoms with Crippen LogP contribution in [0.1, 0.15) is 34.6 Å². The maximum absolute atomic E-state index is 4.40. The number of anilines is 2. The highest BCUT2D eigenvalue weighted by Gasteiger charge is 2.21. The highest BCUT2D eigenvalue weighted by atomic mass is 15.4. The fraction of sp³-hybridized carbons (Fsp3) is 0.615. The topological polar surface area (TPSA) is 93.4 Å². The number of rotatable bonds is 5. The summed E-state index contributed by atoms with van der Waals surface area (Å²) in [6.45, 7) is 11.3. The van der Waals surface area contributed by atoms with E-state index in [4.69, 9.17) is 0 Å². The molecule has 0 saturated carbocycles. The number of nitrogens with zero attached hydrogens (tertiary/aromatic N) is 6. The Balaban J connectivity index is 2.32. The molecule has 0 aromatic carbocycles. The van der Waals surface area contributed by atoms with Gasteiger partial charge in [-0.25, -0.2) is 4.98 Å². The van der Waals surface area contributed by atoms with Gasteiger partial charge in [0.2, 0.25) is 11.9 Å². The van der Waals surface area contributed by atoms with Crippen molar-refractivity contribution < 1.29 is 0 Å². The normalized spacial score (nSPS) is 13.0. The summed E-state index contributed by atoms with van der Waals surface area (Å²) in [6, 6.07) is 0.206. The Morgan fingerprint density at radius 1 is 1.19 bits per heavy atom. The lowest BCUT2D eigenvalue weighted by Crippen LogP contribution is -2.32. The van der Waals surface area contributed by atoms with Gasteiger partial charge in [0.1, 0.15) is 12.7 Å². The summed E-state index contributed by atoms with van der Waals surface area (Å²) in [7, 11) is 0. The average Bonchev–Trinajstić information content (AvgIpc) is 2.91. The zero-order chi connectivity index (χ0) is 15.5. The highest BCUT2D eigenvalue weighted by Crippen LogP contribution is 2.21. The molecule has 0 fully saturated rings. The van der Waals surface area contributed by atoms with Crippen LogP contribution in [0.4, 0.5) is 11.9 Å². The lowest BCUT2D eigenvalue weighted by atomic mass is 9.88. The third-order valence-electron chi connectivity index (χ3n) is 3.23. The fourth-order valence-electron chi connectivity index (χ4n) is 1.49. The molecule has 2 N–H and O–H groups in total. The van der Waals surface area contributed by atoms with Crippen LogP contribution in [0, 0.1) is 5.41 Å². The molecule has 114 valence electrons. The minimum atomic E-state index is 0.0956. The second kappa shape index (κ2) is 6.02. The van der Waals surface area contributed by atoms with E-state index in [0.29, 0.717) is 17.8 Å². The summed E-state index contributed by atoms with van der Waals surface area (Å²) >= 11 is 0. The molecule has 2 heterocycles. The molecule has 2 rings (SSSR count). The van der Waals surface area contributed by atoms with Crippen molar-refractivity contribution in [3.8, 4) is 5.95 Å². The second-order valence-electron chi connectivity index (χ2n) is 5.89. The Bertz CT molecular complexity index is 572. The van der Waals surface area contributed by atoms with Crippen molar-refractivity contribution in [1.29, 1.82) is 0 Å². The molecule has 0 radical (unpaired) electrons. The van der Waals surface area contributed by atoms with Crippen LogP contribution in [0.3, 0.4) is 0 Å². The molecule has 8 nitrogen and oxygen atoms in total. The van der Waals surface area contributed by atoms with E-state index in [1.165, 1.54) is 11.0 Å². The second-order valence-corrected chi connectivity index (χ2v) is 5.89. The molecule has 0 saturated heterocycles. The van der Waals surface area contributed by atoms with E-state index in [1.54, 1.807) is 6.33 Å². The Morgan fingerprint density at radius 2 is 1.90 bits per heavy atom. The standard InChI is InChI=1S/C13H22N8/c1-6-15-10-18-11(17-9(2)13(3,4)5)20-12(19-10)21-8-14-7-16-21/h7-9H,6H2,1-5H3,(H2,15,17,18,19,20). The number of nitrogens with one attached hydrogen (secondary N) is 2. The first-order chi connectivity index (χ1) is 9.90. The van der Waals surface area contributed by atoms with Gasteiger partial charge in [0.05, 0.1) is 0 Å². The molecule has 1 unspecified atom stereocenters. The minimum absolute atomic E-state index is 0.0956. The maximum atomic E-state index is 4.40. The fourth-order valence-corrected chi connectivity index (χ4v) is 1.49. The third kappa shape index (κ3) is 3.87. The van der Waals surface area contributed by atoms with Crippen LogP contribution >= 0.6 is 0 Å². The van der Waals surface area contributed by atoms with E-state index >= 15 is 0 Å². The third-order valence-corrected chi connectivity index (χ3v) is 3.23. The molecule has 0 aliphatic rings. The quantitative estimate of drug-likeness (QED) is 0.866. The summed E-state index contributed by atoms with van der Waals surface area (Å²) in [5.74, 6) is 1.47. The molecule has 21 heavy (non-hydrogen) atoms. The van der Waals surface area contributed by atoms with Crippen molar-refractivity contribution in [3.05, 3.63) is 12.7 Å². The van der Waals surface area contributed by atoms with E-state index in [0.717, 1.165) is 6.54 Å². The van der Waals surface area contributed by atoms with Gasteiger partial charge in [0.15, 0.2) is 0 Å². The van der Waals surface area contributed by atoms with Crippen molar-refractivity contribution in [2.75, 3.05) is 17.2 Å². The van der Waals surface area contributed by atoms with Gasteiger partial charge >= 0.3 is 0 Å². The van der Waals surface area contributed by atoms with Gasteiger partial charge < -0.3 is 10.6 Å². The largest absolute Gasteiger partial charge is 0.354 e. The maximum Gasteiger partial charge on any atom is 0.258 e. The lowest BCUT2D eigenvalue weighted by molar-refractivity contribution is 0.358. The Kier molecular flexibility index (Phi) is 4.35. The van der Waals surface area contributed by atoms with E-state index in [-0.39, 0.29) is 11.5 Å². The predicted octanol–water partition coefficient (Wildman–Crippen LogP) is 1.73. The van der Waals surface area contributed by atoms with Crippen molar-refractivity contribution in [2.45, 2.75) is 40.7 Å². The number of hydrogen-bond acceptors (Lipinski definition) is 7. The van der Waals surface area contributed by atoms with Gasteiger partial charge in [-0.2, -0.15) is 24.7 Å². The minimum Gasteiger partial charge on any atom is -0.354 e. The highest BCUT2D eigenvalue weighted by molar-refractivity contribution is 5.38. The van der Waals surface area contributed by atoms with Gasteiger partial charge in [-0.1, -0.05) is 20.8 Å². The predicted molar refractivity (Wildman–Crippen MR) is 81.4 cm³/mol. The smallest absolute Gasteiger partial charge is 0.258 e. The van der Waals surface area contributed by atoms with Gasteiger partial charge in [-0.3, -0.25) is 0 Å². The van der Waals surface area contributed by atoms with Crippen LogP contribution in [-0.4, -0.2) is 42.3 Å². The Hall–Kier alpha value is -2.25. The molecular weight excluding hydrogens is 268 g/mol. The molecule has 0 amide bonds. The van der Waals surface area contributed by atoms with Gasteiger partial charge in [-0.05, 0) is 19.3 Å². The number of aromatic nitrogens is 6. The molecule has 2 aromatic rings. The van der Waals surface area contributed by atoms with Crippen molar-refractivity contribution in [2.24, 2.45) is 5.41 Å². The van der Waals surface area contributed by atoms with Crippen molar-refractivity contribution >= 4 is 11.9 Å². The summed E-state index contributed by atoms with van der Waals surface area (Å²) in [6.07, 6.45) is 3.00. The first-order valence-corrected chi connectivity index (χ1v) is 7.01. The lowest BCUT2D eigenvalue weighted by Gasteiger charge is -2.28. The van der Waals surface area contributed by atoms with Gasteiger partial charge in [-0.15, -0.1) is 0 Å². The van der Waals surface area contributed by atoms with E-state index in [9.17, 15) is 0 Å². The van der Waals surface area contributed by atoms with E-state index in [2.05, 4.69) is 63.4 Å². The average molecular weight is 290 g/mol. The molecule has 2 aromatic heterocycles. The van der Waals surface area contributed by atoms with E-state index < -0.39 is 0 Å². The molecule has 0 bridgehead atoms. The zero-order valence-corrected chi connectivity index (χ0v) is 13.1. The molecule has 0 spiro atoms. The summed E-state index contributed by atoms with van der Waals surface area (Å²) in [5, 5.41) is 10.5. The van der Waals surface area contributed by atoms with Crippen LogP contribution in [0.2, 0.25) is 0 Å². The van der Waals surface area contributed by atoms with Crippen LogP contribution in [0.15, 0.2) is 12.7 Å². The van der Waals surface area contributed by atoms with Gasteiger partial charge in [0.25, 0.3) is 5.95 Å². The molecular formula is C13H22N8. The summed E-state index contributed by atoms with van der Waals surface area (Å²) < 4.78 is 1.51. The zero-order valence-electron chi connectivity index (χ0n) is 13.1. The van der Waals surface area contributed by atoms with Crippen LogP contribution in [0.5, 0.6) is 0 Å². The van der Waals surface area contributed by atoms with Crippen LogP contribution < -0.4 is 10.6 Å². The monoisotopic (exact) mass is 290 g/mol. The molecule has 0 aliphatic carbocycles. The Morgan fingerprint density at radius 3 is 2.48 bits per heavy atom. The van der Waals surface area contributed by atoms with Crippen molar-refractivity contribution in [3.63, 3.8) is 0 Å². The Labute approximate surface area is 124 Å². The SMILES string of the molecule is CCNc1nc(NC(C)C(C)(C)C)nc(-n2cncn2)n1. The number of hydrogen-bond donors (Lipinski definition) is 2. The van der Waals surface area contributed by atoms with E-state index in [1.807, 2.05) is 6.92 Å². The summed E-state index contributed by atoms with van der Waals surface area (Å²) in [5.41, 5.74) is 0.0956. The summed E-state index contributed by atoms with van der Waals surface area (Å²) in [4.78, 5) is 17.0. The van der Waals surface area contributed by atoms with Crippen LogP contribution in [-0.2, 0) is 0 Å². The first-order valence-electron chi connectivity index (χ1n) is 7.01. The van der Waals surface area contributed by atoms with Crippen LogP contribution in [0.25, 0.3) is 5.95 Å². The first kappa shape index (κ1) is 15.1. The molecule has 1 atom stereocenters. The van der Waals surface area contributed by atoms with Gasteiger partial charge in [0, 0.05) is 12.6 Å². The van der Waals surface area contributed by atoms with Crippen molar-refractivity contribution in [1.82, 2.24) is 29.7 Å². The molecule has 0 aliphatic heterocycles.